The summed E-state index contributed by atoms with van der Waals surface area (Å²) in [6.07, 6.45) is -0.101. The van der Waals surface area contributed by atoms with Crippen molar-refractivity contribution in [1.29, 1.82) is 0 Å². The van der Waals surface area contributed by atoms with E-state index in [1.54, 1.807) is 6.92 Å². The molecule has 0 aliphatic rings. The molecule has 0 fully saturated rings. The van der Waals surface area contributed by atoms with Gasteiger partial charge in [-0.15, -0.1) is 0 Å². The van der Waals surface area contributed by atoms with Crippen LogP contribution in [0.2, 0.25) is 0 Å². The number of rotatable bonds is 7. The topological polar surface area (TPSA) is 105 Å². The summed E-state index contributed by atoms with van der Waals surface area (Å²) in [6.45, 7) is 1.80. The molecule has 116 valence electrons. The summed E-state index contributed by atoms with van der Waals surface area (Å²) in [4.78, 5) is 33.9. The number of carbonyl (C=O) groups excluding carboxylic acids is 2. The molecule has 0 radical (unpaired) electrons. The Labute approximate surface area is 126 Å². The van der Waals surface area contributed by atoms with Crippen molar-refractivity contribution in [3.8, 4) is 0 Å². The maximum Gasteiger partial charge on any atom is 0.326 e. The molecule has 2 atom stereocenters. The van der Waals surface area contributed by atoms with Gasteiger partial charge in [0, 0.05) is 6.42 Å². The Balaban J connectivity index is 2.48. The molecule has 0 saturated heterocycles. The van der Waals surface area contributed by atoms with Crippen molar-refractivity contribution in [3.05, 3.63) is 22.4 Å². The normalized spacial score (nSPS) is 13.0. The van der Waals surface area contributed by atoms with E-state index in [9.17, 15) is 14.4 Å². The number of carboxylic acids is 1. The first-order chi connectivity index (χ1) is 9.93. The molecule has 8 heteroatoms. The fourth-order valence-electron chi connectivity index (χ4n) is 1.62. The zero-order valence-electron chi connectivity index (χ0n) is 11.8. The third kappa shape index (κ3) is 5.82. The van der Waals surface area contributed by atoms with Gasteiger partial charge in [-0.05, 0) is 35.7 Å². The number of amides is 2. The Kier molecular flexibility index (Phi) is 6.67. The highest BCUT2D eigenvalue weighted by molar-refractivity contribution is 7.07. The molecule has 0 aliphatic carbocycles. The van der Waals surface area contributed by atoms with Gasteiger partial charge < -0.3 is 20.5 Å². The Hall–Kier alpha value is -2.09. The standard InChI is InChI=1S/C13H18N2O5S/c1-8(9-5-6-21-7-9)14-13(19)15-10(12(17)18)3-4-11(16)20-2/h5-8,10H,3-4H2,1-2H3,(H,17,18)(H2,14,15,19)/t8?,10-/m0/s1. The average molecular weight is 314 g/mol. The minimum atomic E-state index is -1.20. The van der Waals surface area contributed by atoms with Gasteiger partial charge in [0.05, 0.1) is 13.2 Å². The summed E-state index contributed by atoms with van der Waals surface area (Å²) in [7, 11) is 1.22. The van der Waals surface area contributed by atoms with E-state index in [-0.39, 0.29) is 18.9 Å². The molecule has 2 amide bonds. The van der Waals surface area contributed by atoms with Crippen molar-refractivity contribution >= 4 is 29.3 Å². The molecule has 0 aromatic carbocycles. The Morgan fingerprint density at radius 1 is 1.38 bits per heavy atom. The molecule has 1 heterocycles. The lowest BCUT2D eigenvalue weighted by Crippen LogP contribution is -2.46. The maximum atomic E-state index is 11.8. The lowest BCUT2D eigenvalue weighted by molar-refractivity contribution is -0.142. The number of hydrogen-bond acceptors (Lipinski definition) is 5. The monoisotopic (exact) mass is 314 g/mol. The van der Waals surface area contributed by atoms with Gasteiger partial charge in [-0.2, -0.15) is 11.3 Å². The zero-order chi connectivity index (χ0) is 15.8. The van der Waals surface area contributed by atoms with Gasteiger partial charge in [0.15, 0.2) is 0 Å². The Morgan fingerprint density at radius 2 is 2.10 bits per heavy atom. The van der Waals surface area contributed by atoms with Crippen LogP contribution in [0.1, 0.15) is 31.4 Å². The van der Waals surface area contributed by atoms with E-state index in [1.165, 1.54) is 18.4 Å². The Morgan fingerprint density at radius 3 is 2.62 bits per heavy atom. The van der Waals surface area contributed by atoms with Gasteiger partial charge in [-0.25, -0.2) is 9.59 Å². The van der Waals surface area contributed by atoms with Crippen LogP contribution in [0.5, 0.6) is 0 Å². The third-order valence-corrected chi connectivity index (χ3v) is 3.56. The fourth-order valence-corrected chi connectivity index (χ4v) is 2.38. The quantitative estimate of drug-likeness (QED) is 0.662. The third-order valence-electron chi connectivity index (χ3n) is 2.86. The number of esters is 1. The first-order valence-corrected chi connectivity index (χ1v) is 7.27. The zero-order valence-corrected chi connectivity index (χ0v) is 12.6. The molecule has 1 aromatic rings. The smallest absolute Gasteiger partial charge is 0.326 e. The lowest BCUT2D eigenvalue weighted by Gasteiger charge is -2.17. The van der Waals surface area contributed by atoms with E-state index in [1.807, 2.05) is 16.8 Å². The van der Waals surface area contributed by atoms with Gasteiger partial charge in [0.25, 0.3) is 0 Å². The molecule has 0 aliphatic heterocycles. The second-order valence-electron chi connectivity index (χ2n) is 4.40. The largest absolute Gasteiger partial charge is 0.480 e. The van der Waals surface area contributed by atoms with Gasteiger partial charge in [-0.1, -0.05) is 0 Å². The minimum absolute atomic E-state index is 0.0255. The first kappa shape index (κ1) is 17.0. The summed E-state index contributed by atoms with van der Waals surface area (Å²) in [5.41, 5.74) is 0.941. The summed E-state index contributed by atoms with van der Waals surface area (Å²) in [5, 5.41) is 17.8. The van der Waals surface area contributed by atoms with E-state index < -0.39 is 24.0 Å². The molecule has 21 heavy (non-hydrogen) atoms. The lowest BCUT2D eigenvalue weighted by atomic mass is 10.1. The molecule has 0 bridgehead atoms. The van der Waals surface area contributed by atoms with Crippen molar-refractivity contribution < 1.29 is 24.2 Å². The number of hydrogen-bond donors (Lipinski definition) is 3. The van der Waals surface area contributed by atoms with Crippen LogP contribution in [-0.4, -0.2) is 36.2 Å². The van der Waals surface area contributed by atoms with Gasteiger partial charge in [0.2, 0.25) is 0 Å². The van der Waals surface area contributed by atoms with Crippen LogP contribution in [0.15, 0.2) is 16.8 Å². The molecule has 7 nitrogen and oxygen atoms in total. The first-order valence-electron chi connectivity index (χ1n) is 6.32. The highest BCUT2D eigenvalue weighted by Gasteiger charge is 2.22. The van der Waals surface area contributed by atoms with Crippen LogP contribution in [0.3, 0.4) is 0 Å². The number of aliphatic carboxylic acids is 1. The summed E-state index contributed by atoms with van der Waals surface area (Å²) in [6, 6.07) is -0.0855. The van der Waals surface area contributed by atoms with Crippen LogP contribution in [0.4, 0.5) is 4.79 Å². The van der Waals surface area contributed by atoms with Gasteiger partial charge in [0.1, 0.15) is 6.04 Å². The molecule has 1 rings (SSSR count). The van der Waals surface area contributed by atoms with Crippen molar-refractivity contribution in [2.75, 3.05) is 7.11 Å². The van der Waals surface area contributed by atoms with Crippen LogP contribution < -0.4 is 10.6 Å². The Bertz CT molecular complexity index is 489. The number of ether oxygens (including phenoxy) is 1. The van der Waals surface area contributed by atoms with Crippen molar-refractivity contribution in [3.63, 3.8) is 0 Å². The van der Waals surface area contributed by atoms with Crippen molar-refractivity contribution in [2.24, 2.45) is 0 Å². The summed E-state index contributed by atoms with van der Waals surface area (Å²) < 4.78 is 4.44. The number of urea groups is 1. The number of carboxylic acid groups (broad SMARTS) is 1. The number of thiophene rings is 1. The van der Waals surface area contributed by atoms with E-state index >= 15 is 0 Å². The molecule has 1 aromatic heterocycles. The van der Waals surface area contributed by atoms with Crippen molar-refractivity contribution in [2.45, 2.75) is 31.8 Å². The van der Waals surface area contributed by atoms with Gasteiger partial charge in [-0.3, -0.25) is 4.79 Å². The van der Waals surface area contributed by atoms with Crippen LogP contribution >= 0.6 is 11.3 Å². The molecule has 0 spiro atoms. The SMILES string of the molecule is COC(=O)CC[C@H](NC(=O)NC(C)c1ccsc1)C(=O)O. The van der Waals surface area contributed by atoms with E-state index in [0.717, 1.165) is 5.56 Å². The summed E-state index contributed by atoms with van der Waals surface area (Å²) in [5.74, 6) is -1.72. The molecular formula is C13H18N2O5S. The summed E-state index contributed by atoms with van der Waals surface area (Å²) >= 11 is 1.51. The minimum Gasteiger partial charge on any atom is -0.480 e. The average Bonchev–Trinajstić information content (AvgIpc) is 2.96. The fraction of sp³-hybridized carbons (Fsp3) is 0.462. The predicted octanol–water partition coefficient (Wildman–Crippen LogP) is 1.51. The van der Waals surface area contributed by atoms with Crippen LogP contribution in [0, 0.1) is 0 Å². The van der Waals surface area contributed by atoms with Crippen LogP contribution in [-0.2, 0) is 14.3 Å². The highest BCUT2D eigenvalue weighted by atomic mass is 32.1. The number of carbonyl (C=O) groups is 3. The number of nitrogens with one attached hydrogen (secondary N) is 2. The highest BCUT2D eigenvalue weighted by Crippen LogP contribution is 2.15. The predicted molar refractivity (Wildman–Crippen MR) is 77.1 cm³/mol. The van der Waals surface area contributed by atoms with Crippen LogP contribution in [0.25, 0.3) is 0 Å². The molecular weight excluding hydrogens is 296 g/mol. The molecule has 3 N–H and O–H groups in total. The second-order valence-corrected chi connectivity index (χ2v) is 5.18. The van der Waals surface area contributed by atoms with Gasteiger partial charge >= 0.3 is 18.0 Å². The van der Waals surface area contributed by atoms with E-state index in [4.69, 9.17) is 5.11 Å². The van der Waals surface area contributed by atoms with E-state index in [2.05, 4.69) is 15.4 Å². The maximum absolute atomic E-state index is 11.8. The van der Waals surface area contributed by atoms with Crippen molar-refractivity contribution in [1.82, 2.24) is 10.6 Å². The van der Waals surface area contributed by atoms with E-state index in [0.29, 0.717) is 0 Å². The molecule has 1 unspecified atom stereocenters. The second kappa shape index (κ2) is 8.25. The number of methoxy groups -OCH3 is 1. The molecule has 0 saturated carbocycles.